The second-order valence-electron chi connectivity index (χ2n) is 5.85. The molecule has 0 spiro atoms. The van der Waals surface area contributed by atoms with Crippen LogP contribution in [0.15, 0.2) is 23.2 Å². The SMILES string of the molecule is COc1cccc(C2(N=C=O)CCC2)c1OC1CCOCC1. The predicted octanol–water partition coefficient (Wildman–Crippen LogP) is 2.97. The molecule has 22 heavy (non-hydrogen) atoms. The molecule has 2 aliphatic rings. The fraction of sp³-hybridized carbons (Fsp3) is 0.588. The van der Waals surface area contributed by atoms with Crippen molar-refractivity contribution in [1.29, 1.82) is 0 Å². The topological polar surface area (TPSA) is 57.1 Å². The number of methoxy groups -OCH3 is 1. The minimum atomic E-state index is -0.489. The number of benzene rings is 1. The molecule has 1 saturated carbocycles. The molecule has 1 aromatic rings. The molecule has 3 rings (SSSR count). The molecular weight excluding hydrogens is 282 g/mol. The summed E-state index contributed by atoms with van der Waals surface area (Å²) in [4.78, 5) is 15.0. The highest BCUT2D eigenvalue weighted by Crippen LogP contribution is 2.50. The molecule has 118 valence electrons. The van der Waals surface area contributed by atoms with Gasteiger partial charge in [0.2, 0.25) is 6.08 Å². The van der Waals surface area contributed by atoms with Crippen molar-refractivity contribution in [2.24, 2.45) is 4.99 Å². The molecule has 1 aromatic carbocycles. The highest BCUT2D eigenvalue weighted by molar-refractivity contribution is 5.52. The third-order valence-electron chi connectivity index (χ3n) is 4.59. The van der Waals surface area contributed by atoms with Gasteiger partial charge in [0.25, 0.3) is 0 Å². The van der Waals surface area contributed by atoms with E-state index in [1.54, 1.807) is 13.2 Å². The number of ether oxygens (including phenoxy) is 3. The van der Waals surface area contributed by atoms with Crippen molar-refractivity contribution in [2.75, 3.05) is 20.3 Å². The van der Waals surface area contributed by atoms with E-state index in [1.165, 1.54) is 0 Å². The van der Waals surface area contributed by atoms with Gasteiger partial charge in [0.15, 0.2) is 11.5 Å². The lowest BCUT2D eigenvalue weighted by molar-refractivity contribution is 0.0232. The lowest BCUT2D eigenvalue weighted by Gasteiger charge is -2.39. The van der Waals surface area contributed by atoms with Gasteiger partial charge in [-0.2, -0.15) is 4.99 Å². The fourth-order valence-electron chi connectivity index (χ4n) is 3.17. The van der Waals surface area contributed by atoms with Gasteiger partial charge in [-0.3, -0.25) is 0 Å². The Hall–Kier alpha value is -1.84. The maximum atomic E-state index is 10.9. The maximum absolute atomic E-state index is 10.9. The Morgan fingerprint density at radius 3 is 2.68 bits per heavy atom. The normalized spacial score (nSPS) is 20.6. The first kappa shape index (κ1) is 15.1. The molecule has 0 atom stereocenters. The highest BCUT2D eigenvalue weighted by Gasteiger charge is 2.42. The van der Waals surface area contributed by atoms with Crippen LogP contribution >= 0.6 is 0 Å². The lowest BCUT2D eigenvalue weighted by atomic mass is 9.72. The number of hydrogen-bond donors (Lipinski definition) is 0. The number of nitrogens with zero attached hydrogens (tertiary/aromatic N) is 1. The molecule has 0 aromatic heterocycles. The molecule has 1 heterocycles. The summed E-state index contributed by atoms with van der Waals surface area (Å²) in [5.41, 5.74) is 0.449. The standard InChI is InChI=1S/C17H21NO4/c1-20-15-5-2-4-14(17(18-12-19)8-3-9-17)16(15)22-13-6-10-21-11-7-13/h2,4-5,13H,3,6-11H2,1H3. The molecule has 0 unspecified atom stereocenters. The van der Waals surface area contributed by atoms with Gasteiger partial charge in [-0.1, -0.05) is 12.1 Å². The van der Waals surface area contributed by atoms with Gasteiger partial charge in [-0.25, -0.2) is 4.79 Å². The zero-order valence-electron chi connectivity index (χ0n) is 12.8. The first-order valence-corrected chi connectivity index (χ1v) is 7.80. The monoisotopic (exact) mass is 303 g/mol. The largest absolute Gasteiger partial charge is 0.493 e. The van der Waals surface area contributed by atoms with Gasteiger partial charge in [-0.05, 0) is 25.3 Å². The zero-order chi connectivity index (χ0) is 15.4. The van der Waals surface area contributed by atoms with Crippen molar-refractivity contribution in [2.45, 2.75) is 43.7 Å². The summed E-state index contributed by atoms with van der Waals surface area (Å²) in [6.45, 7) is 1.43. The van der Waals surface area contributed by atoms with E-state index in [0.29, 0.717) is 19.0 Å². The summed E-state index contributed by atoms with van der Waals surface area (Å²) < 4.78 is 17.1. The van der Waals surface area contributed by atoms with Crippen LogP contribution in [0, 0.1) is 0 Å². The van der Waals surface area contributed by atoms with Gasteiger partial charge in [-0.15, -0.1) is 0 Å². The van der Waals surface area contributed by atoms with E-state index in [4.69, 9.17) is 14.2 Å². The summed E-state index contributed by atoms with van der Waals surface area (Å²) in [6.07, 6.45) is 6.32. The van der Waals surface area contributed by atoms with Crippen LogP contribution < -0.4 is 9.47 Å². The van der Waals surface area contributed by atoms with Crippen molar-refractivity contribution in [3.63, 3.8) is 0 Å². The molecule has 2 fully saturated rings. The quantitative estimate of drug-likeness (QED) is 0.620. The molecule has 1 aliphatic carbocycles. The number of carbonyl (C=O) groups excluding carboxylic acids is 1. The number of rotatable bonds is 5. The molecule has 1 aliphatic heterocycles. The van der Waals surface area contributed by atoms with Crippen LogP contribution in [0.2, 0.25) is 0 Å². The second kappa shape index (κ2) is 6.51. The summed E-state index contributed by atoms with van der Waals surface area (Å²) in [7, 11) is 1.63. The van der Waals surface area contributed by atoms with Gasteiger partial charge < -0.3 is 14.2 Å². The Balaban J connectivity index is 1.96. The van der Waals surface area contributed by atoms with Crippen LogP contribution in [0.4, 0.5) is 0 Å². The average Bonchev–Trinajstić information content (AvgIpc) is 2.52. The van der Waals surface area contributed by atoms with Crippen LogP contribution in [0.25, 0.3) is 0 Å². The molecule has 1 saturated heterocycles. The molecule has 5 heteroatoms. The summed E-state index contributed by atoms with van der Waals surface area (Å²) in [6, 6.07) is 5.79. The van der Waals surface area contributed by atoms with Crippen LogP contribution in [0.1, 0.15) is 37.7 Å². The molecule has 0 amide bonds. The molecule has 0 radical (unpaired) electrons. The molecular formula is C17H21NO4. The lowest BCUT2D eigenvalue weighted by Crippen LogP contribution is -2.34. The summed E-state index contributed by atoms with van der Waals surface area (Å²) in [5, 5.41) is 0. The van der Waals surface area contributed by atoms with Crippen LogP contribution in [-0.4, -0.2) is 32.5 Å². The van der Waals surface area contributed by atoms with Crippen LogP contribution in [0.3, 0.4) is 0 Å². The Morgan fingerprint density at radius 1 is 1.32 bits per heavy atom. The maximum Gasteiger partial charge on any atom is 0.235 e. The van der Waals surface area contributed by atoms with Gasteiger partial charge >= 0.3 is 0 Å². The van der Waals surface area contributed by atoms with E-state index >= 15 is 0 Å². The molecule has 5 nitrogen and oxygen atoms in total. The first-order chi connectivity index (χ1) is 10.8. The van der Waals surface area contributed by atoms with Crippen molar-refractivity contribution in [1.82, 2.24) is 0 Å². The predicted molar refractivity (Wildman–Crippen MR) is 81.1 cm³/mol. The number of hydrogen-bond acceptors (Lipinski definition) is 5. The van der Waals surface area contributed by atoms with E-state index < -0.39 is 5.54 Å². The third-order valence-corrected chi connectivity index (χ3v) is 4.59. The number of aliphatic imine (C=N–C) groups is 1. The Bertz CT molecular complexity index is 570. The highest BCUT2D eigenvalue weighted by atomic mass is 16.5. The van der Waals surface area contributed by atoms with Gasteiger partial charge in [0.1, 0.15) is 11.6 Å². The Kier molecular flexibility index (Phi) is 4.46. The minimum absolute atomic E-state index is 0.112. The van der Waals surface area contributed by atoms with E-state index in [9.17, 15) is 4.79 Å². The zero-order valence-corrected chi connectivity index (χ0v) is 12.8. The summed E-state index contributed by atoms with van der Waals surface area (Å²) in [5.74, 6) is 1.41. The number of para-hydroxylation sites is 1. The van der Waals surface area contributed by atoms with E-state index in [2.05, 4.69) is 4.99 Å². The molecule has 0 N–H and O–H groups in total. The number of isocyanates is 1. The van der Waals surface area contributed by atoms with Crippen molar-refractivity contribution in [3.05, 3.63) is 23.8 Å². The molecule has 0 bridgehead atoms. The smallest absolute Gasteiger partial charge is 0.235 e. The van der Waals surface area contributed by atoms with E-state index in [0.717, 1.165) is 43.4 Å². The van der Waals surface area contributed by atoms with Crippen LogP contribution in [-0.2, 0) is 15.1 Å². The third kappa shape index (κ3) is 2.74. The Labute approximate surface area is 130 Å². The minimum Gasteiger partial charge on any atom is -0.493 e. The van der Waals surface area contributed by atoms with Gasteiger partial charge in [0, 0.05) is 18.4 Å². The van der Waals surface area contributed by atoms with E-state index in [1.807, 2.05) is 18.2 Å². The second-order valence-corrected chi connectivity index (χ2v) is 5.85. The first-order valence-electron chi connectivity index (χ1n) is 7.80. The van der Waals surface area contributed by atoms with Crippen molar-refractivity contribution in [3.8, 4) is 11.5 Å². The van der Waals surface area contributed by atoms with Crippen molar-refractivity contribution >= 4 is 6.08 Å². The fourth-order valence-corrected chi connectivity index (χ4v) is 3.17. The average molecular weight is 303 g/mol. The van der Waals surface area contributed by atoms with Gasteiger partial charge in [0.05, 0.1) is 20.3 Å². The Morgan fingerprint density at radius 2 is 2.09 bits per heavy atom. The summed E-state index contributed by atoms with van der Waals surface area (Å²) >= 11 is 0. The van der Waals surface area contributed by atoms with Crippen LogP contribution in [0.5, 0.6) is 11.5 Å². The van der Waals surface area contributed by atoms with Crippen molar-refractivity contribution < 1.29 is 19.0 Å². The van der Waals surface area contributed by atoms with E-state index in [-0.39, 0.29) is 6.10 Å².